The van der Waals surface area contributed by atoms with Crippen molar-refractivity contribution in [1.29, 1.82) is 0 Å². The summed E-state index contributed by atoms with van der Waals surface area (Å²) in [6.45, 7) is 13.2. The lowest BCUT2D eigenvalue weighted by Crippen LogP contribution is -2.39. The molecule has 0 spiro atoms. The lowest BCUT2D eigenvalue weighted by atomic mass is 10.2. The molecule has 0 aliphatic heterocycles. The fraction of sp³-hybridized carbons (Fsp3) is 0.733. The number of guanidine groups is 1. The van der Waals surface area contributed by atoms with Crippen LogP contribution in [0.1, 0.15) is 36.3 Å². The van der Waals surface area contributed by atoms with E-state index in [2.05, 4.69) is 61.5 Å². The van der Waals surface area contributed by atoms with Gasteiger partial charge in [0, 0.05) is 29.1 Å². The van der Waals surface area contributed by atoms with Gasteiger partial charge >= 0.3 is 0 Å². The van der Waals surface area contributed by atoms with Crippen LogP contribution in [0.2, 0.25) is 0 Å². The van der Waals surface area contributed by atoms with Crippen LogP contribution in [0.4, 0.5) is 0 Å². The van der Waals surface area contributed by atoms with E-state index in [0.717, 1.165) is 37.7 Å². The molecular formula is C15H28N4S2. The van der Waals surface area contributed by atoms with Crippen molar-refractivity contribution < 1.29 is 0 Å². The zero-order valence-electron chi connectivity index (χ0n) is 14.0. The van der Waals surface area contributed by atoms with Gasteiger partial charge in [-0.05, 0) is 40.9 Å². The first-order chi connectivity index (χ1) is 9.88. The highest BCUT2D eigenvalue weighted by Gasteiger charge is 2.15. The second kappa shape index (κ2) is 8.63. The number of rotatable bonds is 7. The van der Waals surface area contributed by atoms with Crippen molar-refractivity contribution in [2.45, 2.75) is 45.8 Å². The fourth-order valence-electron chi connectivity index (χ4n) is 1.61. The minimum atomic E-state index is 0.173. The van der Waals surface area contributed by atoms with Gasteiger partial charge in [-0.3, -0.25) is 4.99 Å². The number of aliphatic imine (C=N–C) groups is 1. The second-order valence-electron chi connectivity index (χ2n) is 5.58. The van der Waals surface area contributed by atoms with E-state index < -0.39 is 0 Å². The molecule has 0 saturated heterocycles. The summed E-state index contributed by atoms with van der Waals surface area (Å²) < 4.78 is 0.173. The van der Waals surface area contributed by atoms with Gasteiger partial charge in [0.25, 0.3) is 0 Å². The average Bonchev–Trinajstić information content (AvgIpc) is 2.75. The molecule has 21 heavy (non-hydrogen) atoms. The molecule has 1 rings (SSSR count). The molecule has 6 heteroatoms. The fourth-order valence-corrected chi connectivity index (χ4v) is 2.74. The molecule has 0 bridgehead atoms. The maximum absolute atomic E-state index is 4.67. The highest BCUT2D eigenvalue weighted by Crippen LogP contribution is 2.21. The Balaban J connectivity index is 2.49. The third-order valence-corrected chi connectivity index (χ3v) is 5.59. The van der Waals surface area contributed by atoms with Crippen LogP contribution in [0, 0.1) is 13.8 Å². The van der Waals surface area contributed by atoms with Crippen molar-refractivity contribution >= 4 is 29.1 Å². The van der Waals surface area contributed by atoms with E-state index in [9.17, 15) is 0 Å². The van der Waals surface area contributed by atoms with E-state index in [1.54, 1.807) is 11.3 Å². The smallest absolute Gasteiger partial charge is 0.191 e. The Morgan fingerprint density at radius 1 is 1.33 bits per heavy atom. The lowest BCUT2D eigenvalue weighted by Gasteiger charge is -2.20. The van der Waals surface area contributed by atoms with Crippen LogP contribution in [-0.4, -0.2) is 41.6 Å². The summed E-state index contributed by atoms with van der Waals surface area (Å²) in [7, 11) is 0. The number of nitrogens with one attached hydrogen (secondary N) is 2. The van der Waals surface area contributed by atoms with Crippen LogP contribution < -0.4 is 10.6 Å². The summed E-state index contributed by atoms with van der Waals surface area (Å²) in [6.07, 6.45) is 3.07. The van der Waals surface area contributed by atoms with Crippen LogP contribution in [0.25, 0.3) is 0 Å². The molecule has 0 fully saturated rings. The molecule has 0 amide bonds. The number of thiazole rings is 1. The molecule has 4 nitrogen and oxygen atoms in total. The van der Waals surface area contributed by atoms with E-state index in [4.69, 9.17) is 0 Å². The quantitative estimate of drug-likeness (QED) is 0.597. The minimum Gasteiger partial charge on any atom is -0.357 e. The molecule has 0 aliphatic carbocycles. The van der Waals surface area contributed by atoms with Gasteiger partial charge in [-0.25, -0.2) is 4.98 Å². The third-order valence-electron chi connectivity index (χ3n) is 3.22. The Kier molecular flexibility index (Phi) is 7.52. The predicted molar refractivity (Wildman–Crippen MR) is 96.9 cm³/mol. The highest BCUT2D eigenvalue weighted by atomic mass is 32.2. The normalized spacial score (nSPS) is 12.6. The third kappa shape index (κ3) is 6.70. The van der Waals surface area contributed by atoms with Crippen LogP contribution in [0.3, 0.4) is 0 Å². The van der Waals surface area contributed by atoms with Gasteiger partial charge in [0.1, 0.15) is 0 Å². The number of hydrogen-bond donors (Lipinski definition) is 2. The zero-order valence-corrected chi connectivity index (χ0v) is 15.7. The van der Waals surface area contributed by atoms with Crippen molar-refractivity contribution in [1.82, 2.24) is 15.6 Å². The molecule has 120 valence electrons. The van der Waals surface area contributed by atoms with E-state index in [0.29, 0.717) is 0 Å². The van der Waals surface area contributed by atoms with E-state index >= 15 is 0 Å². The Morgan fingerprint density at radius 2 is 2.05 bits per heavy atom. The molecule has 0 aromatic carbocycles. The monoisotopic (exact) mass is 328 g/mol. The summed E-state index contributed by atoms with van der Waals surface area (Å²) in [5.74, 6) is 0.893. The summed E-state index contributed by atoms with van der Waals surface area (Å²) in [5, 5.41) is 7.88. The van der Waals surface area contributed by atoms with Crippen LogP contribution in [0.15, 0.2) is 4.99 Å². The largest absolute Gasteiger partial charge is 0.357 e. The molecule has 1 aromatic rings. The first kappa shape index (κ1) is 18.3. The van der Waals surface area contributed by atoms with Gasteiger partial charge < -0.3 is 10.6 Å². The Labute approximate surface area is 137 Å². The SMILES string of the molecule is CCNC(=NCC(C)(C)SC)NCCc1nc(C)c(C)s1. The number of thioether (sulfide) groups is 1. The van der Waals surface area contributed by atoms with Crippen molar-refractivity contribution in [3.63, 3.8) is 0 Å². The summed E-state index contributed by atoms with van der Waals surface area (Å²) in [5.41, 5.74) is 1.15. The Hall–Kier alpha value is -0.750. The molecular weight excluding hydrogens is 300 g/mol. The first-order valence-corrected chi connectivity index (χ1v) is 9.42. The molecule has 0 atom stereocenters. The van der Waals surface area contributed by atoms with Crippen LogP contribution in [0.5, 0.6) is 0 Å². The number of aromatic nitrogens is 1. The van der Waals surface area contributed by atoms with Gasteiger partial charge in [0.2, 0.25) is 0 Å². The average molecular weight is 329 g/mol. The van der Waals surface area contributed by atoms with Gasteiger partial charge in [-0.1, -0.05) is 0 Å². The Bertz CT molecular complexity index is 447. The molecule has 1 aromatic heterocycles. The van der Waals surface area contributed by atoms with Crippen molar-refractivity contribution in [3.8, 4) is 0 Å². The molecule has 0 saturated carbocycles. The van der Waals surface area contributed by atoms with Gasteiger partial charge in [-0.2, -0.15) is 11.8 Å². The first-order valence-electron chi connectivity index (χ1n) is 7.38. The topological polar surface area (TPSA) is 49.3 Å². The van der Waals surface area contributed by atoms with Crippen molar-refractivity contribution in [3.05, 3.63) is 15.6 Å². The Morgan fingerprint density at radius 3 is 2.57 bits per heavy atom. The van der Waals surface area contributed by atoms with Crippen molar-refractivity contribution in [2.24, 2.45) is 4.99 Å². The number of hydrogen-bond acceptors (Lipinski definition) is 4. The minimum absolute atomic E-state index is 0.173. The highest BCUT2D eigenvalue weighted by molar-refractivity contribution is 7.99. The maximum Gasteiger partial charge on any atom is 0.191 e. The van der Waals surface area contributed by atoms with E-state index in [1.807, 2.05) is 11.8 Å². The summed E-state index contributed by atoms with van der Waals surface area (Å²) in [6, 6.07) is 0. The summed E-state index contributed by atoms with van der Waals surface area (Å²) in [4.78, 5) is 10.5. The number of aryl methyl sites for hydroxylation is 2. The van der Waals surface area contributed by atoms with Crippen molar-refractivity contribution in [2.75, 3.05) is 25.9 Å². The van der Waals surface area contributed by atoms with Crippen LogP contribution >= 0.6 is 23.1 Å². The number of nitrogens with zero attached hydrogens (tertiary/aromatic N) is 2. The van der Waals surface area contributed by atoms with E-state index in [-0.39, 0.29) is 4.75 Å². The standard InChI is InChI=1S/C15H28N4S2/c1-7-16-14(18-10-15(4,5)20-6)17-9-8-13-19-11(2)12(3)21-13/h7-10H2,1-6H3,(H2,16,17,18). The predicted octanol–water partition coefficient (Wildman–Crippen LogP) is 3.00. The van der Waals surface area contributed by atoms with Gasteiger partial charge in [0.15, 0.2) is 5.96 Å². The van der Waals surface area contributed by atoms with Gasteiger partial charge in [-0.15, -0.1) is 11.3 Å². The lowest BCUT2D eigenvalue weighted by molar-refractivity contribution is 0.710. The summed E-state index contributed by atoms with van der Waals surface area (Å²) >= 11 is 3.63. The molecule has 0 aliphatic rings. The molecule has 1 heterocycles. The zero-order chi connectivity index (χ0) is 15.9. The van der Waals surface area contributed by atoms with E-state index in [1.165, 1.54) is 9.88 Å². The van der Waals surface area contributed by atoms with Crippen LogP contribution in [-0.2, 0) is 6.42 Å². The molecule has 0 unspecified atom stereocenters. The maximum atomic E-state index is 4.67. The molecule has 0 radical (unpaired) electrons. The molecule has 2 N–H and O–H groups in total. The second-order valence-corrected chi connectivity index (χ2v) is 8.39. The van der Waals surface area contributed by atoms with Gasteiger partial charge in [0.05, 0.1) is 17.2 Å².